The molecule has 12 unspecified atom stereocenters. The van der Waals surface area contributed by atoms with Gasteiger partial charge in [0.15, 0.2) is 0 Å². The second kappa shape index (κ2) is 15.8. The predicted molar refractivity (Wildman–Crippen MR) is 208 cm³/mol. The van der Waals surface area contributed by atoms with Crippen LogP contribution in [0.1, 0.15) is 197 Å². The van der Waals surface area contributed by atoms with Crippen molar-refractivity contribution in [1.29, 1.82) is 0 Å². The van der Waals surface area contributed by atoms with E-state index in [4.69, 9.17) is 4.74 Å². The normalized spacial score (nSPS) is 43.7. The number of ether oxygens (including phenoxy) is 1. The van der Waals surface area contributed by atoms with Crippen LogP contribution in [0.3, 0.4) is 0 Å². The van der Waals surface area contributed by atoms with Gasteiger partial charge in [-0.3, -0.25) is 4.79 Å². The van der Waals surface area contributed by atoms with Crippen LogP contribution in [0, 0.1) is 56.7 Å². The van der Waals surface area contributed by atoms with E-state index < -0.39 is 12.2 Å². The van der Waals surface area contributed by atoms with Gasteiger partial charge >= 0.3 is 5.97 Å². The lowest BCUT2D eigenvalue weighted by molar-refractivity contribution is -0.273. The molecule has 0 bridgehead atoms. The maximum Gasteiger partial charge on any atom is 0.306 e. The quantitative estimate of drug-likeness (QED) is 0.102. The van der Waals surface area contributed by atoms with Gasteiger partial charge in [-0.25, -0.2) is 0 Å². The maximum atomic E-state index is 13.2. The van der Waals surface area contributed by atoms with Crippen molar-refractivity contribution >= 4 is 5.97 Å². The summed E-state index contributed by atoms with van der Waals surface area (Å²) >= 11 is 0. The fourth-order valence-corrected chi connectivity index (χ4v) is 14.2. The Kier molecular flexibility index (Phi) is 12.8. The van der Waals surface area contributed by atoms with Crippen molar-refractivity contribution in [3.63, 3.8) is 0 Å². The standard InChI is InChI=1S/C46H80O4/c1-10-11-12-13-14-15-16-17-18-19-20-21-22-23-40(49)50-39-27-28-43(6)36(42(39,4)5)26-29-45(8)37(43)25-24-34-41-33(3)32(2)35(47)30-44(41,7)38(48)31-46(34,45)9/h33-39,41,47-48H,2,10-31H2,1,3-9H3. The summed E-state index contributed by atoms with van der Waals surface area (Å²) in [4.78, 5) is 13.2. The predicted octanol–water partition coefficient (Wildman–Crippen LogP) is 12.0. The largest absolute Gasteiger partial charge is 0.462 e. The number of unbranched alkanes of at least 4 members (excludes halogenated alkanes) is 12. The van der Waals surface area contributed by atoms with Crippen LogP contribution in [0.2, 0.25) is 0 Å². The molecule has 0 saturated heterocycles. The first-order valence-corrected chi connectivity index (χ1v) is 21.8. The van der Waals surface area contributed by atoms with E-state index in [1.807, 2.05) is 0 Å². The SMILES string of the molecule is C=C1C(O)CC2(C)C(O)CC3(C)C(CCC4C5(C)CCC(OC(=O)CCCCCCCCCCCCCCC)C(C)(C)C5CCC43C)C2C1C. The van der Waals surface area contributed by atoms with E-state index in [1.54, 1.807) is 0 Å². The maximum absolute atomic E-state index is 13.2. The summed E-state index contributed by atoms with van der Waals surface area (Å²) < 4.78 is 6.39. The van der Waals surface area contributed by atoms with Crippen LogP contribution in [0.15, 0.2) is 12.2 Å². The number of rotatable bonds is 15. The van der Waals surface area contributed by atoms with Gasteiger partial charge < -0.3 is 14.9 Å². The van der Waals surface area contributed by atoms with Gasteiger partial charge in [0.05, 0.1) is 12.2 Å². The molecule has 0 aromatic rings. The minimum atomic E-state index is -0.507. The molecule has 5 fully saturated rings. The van der Waals surface area contributed by atoms with E-state index in [1.165, 1.54) is 96.3 Å². The molecule has 0 radical (unpaired) electrons. The van der Waals surface area contributed by atoms with Crippen LogP contribution < -0.4 is 0 Å². The van der Waals surface area contributed by atoms with Gasteiger partial charge in [-0.2, -0.15) is 0 Å². The third kappa shape index (κ3) is 7.19. The highest BCUT2D eigenvalue weighted by molar-refractivity contribution is 5.69. The molecule has 5 rings (SSSR count). The first-order chi connectivity index (χ1) is 23.6. The fraction of sp³-hybridized carbons (Fsp3) is 0.935. The smallest absolute Gasteiger partial charge is 0.306 e. The summed E-state index contributed by atoms with van der Waals surface area (Å²) in [7, 11) is 0. The summed E-state index contributed by atoms with van der Waals surface area (Å²) in [6.45, 7) is 23.8. The highest BCUT2D eigenvalue weighted by atomic mass is 16.5. The molecule has 0 spiro atoms. The zero-order valence-corrected chi connectivity index (χ0v) is 34.1. The summed E-state index contributed by atoms with van der Waals surface area (Å²) in [5, 5.41) is 22.9. The molecule has 50 heavy (non-hydrogen) atoms. The van der Waals surface area contributed by atoms with Crippen molar-refractivity contribution in [3.8, 4) is 0 Å². The average Bonchev–Trinajstić information content (AvgIpc) is 3.04. The molecule has 288 valence electrons. The highest BCUT2D eigenvalue weighted by Gasteiger charge is 2.71. The first kappa shape index (κ1) is 40.3. The first-order valence-electron chi connectivity index (χ1n) is 21.8. The van der Waals surface area contributed by atoms with E-state index in [0.717, 1.165) is 37.7 Å². The Hall–Kier alpha value is -0.870. The lowest BCUT2D eigenvalue weighted by Gasteiger charge is -2.74. The summed E-state index contributed by atoms with van der Waals surface area (Å²) in [5.41, 5.74) is 1.07. The minimum absolute atomic E-state index is 0.00377. The number of hydrogen-bond acceptors (Lipinski definition) is 4. The van der Waals surface area contributed by atoms with Crippen molar-refractivity contribution < 1.29 is 19.7 Å². The topological polar surface area (TPSA) is 66.8 Å². The molecule has 4 nitrogen and oxygen atoms in total. The number of esters is 1. The Morgan fingerprint density at radius 2 is 1.30 bits per heavy atom. The van der Waals surface area contributed by atoms with Gasteiger partial charge in [0.25, 0.3) is 0 Å². The minimum Gasteiger partial charge on any atom is -0.462 e. The molecule has 4 heteroatoms. The van der Waals surface area contributed by atoms with Crippen molar-refractivity contribution in [1.82, 2.24) is 0 Å². The Morgan fingerprint density at radius 3 is 1.90 bits per heavy atom. The molecule has 0 aromatic heterocycles. The van der Waals surface area contributed by atoms with E-state index in [-0.39, 0.29) is 45.1 Å². The van der Waals surface area contributed by atoms with E-state index >= 15 is 0 Å². The van der Waals surface area contributed by atoms with Crippen LogP contribution in [0.5, 0.6) is 0 Å². The molecular weight excluding hydrogens is 617 g/mol. The van der Waals surface area contributed by atoms with Gasteiger partial charge in [0, 0.05) is 11.8 Å². The molecule has 0 aliphatic heterocycles. The molecule has 0 amide bonds. The number of fused-ring (bicyclic) bond motifs is 7. The second-order valence-corrected chi connectivity index (χ2v) is 20.3. The van der Waals surface area contributed by atoms with Crippen LogP contribution in [0.4, 0.5) is 0 Å². The third-order valence-electron chi connectivity index (χ3n) is 17.4. The summed E-state index contributed by atoms with van der Waals surface area (Å²) in [6.07, 6.45) is 25.2. The van der Waals surface area contributed by atoms with Crippen LogP contribution in [0.25, 0.3) is 0 Å². The van der Waals surface area contributed by atoms with Crippen LogP contribution in [-0.2, 0) is 9.53 Å². The number of carbonyl (C=O) groups excluding carboxylic acids is 1. The summed E-state index contributed by atoms with van der Waals surface area (Å²) in [6, 6.07) is 0. The van der Waals surface area contributed by atoms with E-state index in [2.05, 4.69) is 62.0 Å². The number of aliphatic hydroxyl groups excluding tert-OH is 2. The Morgan fingerprint density at radius 1 is 0.720 bits per heavy atom. The molecule has 5 aliphatic carbocycles. The lowest BCUT2D eigenvalue weighted by atomic mass is 9.31. The Labute approximate surface area is 308 Å². The molecule has 5 saturated carbocycles. The Balaban J connectivity index is 1.14. The zero-order valence-electron chi connectivity index (χ0n) is 34.1. The van der Waals surface area contributed by atoms with Crippen molar-refractivity contribution in [2.45, 2.75) is 215 Å². The zero-order chi connectivity index (χ0) is 36.5. The molecule has 5 aliphatic rings. The Bertz CT molecular complexity index is 1160. The molecule has 12 atom stereocenters. The average molecular weight is 697 g/mol. The molecule has 0 heterocycles. The van der Waals surface area contributed by atoms with Crippen molar-refractivity contribution in [2.24, 2.45) is 56.7 Å². The summed E-state index contributed by atoms with van der Waals surface area (Å²) in [5.74, 6) is 2.26. The van der Waals surface area contributed by atoms with E-state index in [9.17, 15) is 15.0 Å². The van der Waals surface area contributed by atoms with E-state index in [0.29, 0.717) is 36.5 Å². The monoisotopic (exact) mass is 697 g/mol. The lowest BCUT2D eigenvalue weighted by Crippen LogP contribution is -2.69. The highest BCUT2D eigenvalue weighted by Crippen LogP contribution is 2.77. The molecular formula is C46H80O4. The van der Waals surface area contributed by atoms with Gasteiger partial charge in [-0.1, -0.05) is 139 Å². The van der Waals surface area contributed by atoms with Gasteiger partial charge in [0.1, 0.15) is 6.10 Å². The second-order valence-electron chi connectivity index (χ2n) is 20.3. The van der Waals surface area contributed by atoms with Crippen LogP contribution >= 0.6 is 0 Å². The number of aliphatic hydroxyl groups is 2. The fourth-order valence-electron chi connectivity index (χ4n) is 14.2. The van der Waals surface area contributed by atoms with Gasteiger partial charge in [-0.15, -0.1) is 0 Å². The van der Waals surface area contributed by atoms with Gasteiger partial charge in [0.2, 0.25) is 0 Å². The van der Waals surface area contributed by atoms with Crippen LogP contribution in [-0.4, -0.2) is 34.5 Å². The van der Waals surface area contributed by atoms with Crippen molar-refractivity contribution in [2.75, 3.05) is 0 Å². The molecule has 2 N–H and O–H groups in total. The molecule has 0 aromatic carbocycles. The van der Waals surface area contributed by atoms with Crippen molar-refractivity contribution in [3.05, 3.63) is 12.2 Å². The van der Waals surface area contributed by atoms with Gasteiger partial charge in [-0.05, 0) is 115 Å². The number of hydrogen-bond donors (Lipinski definition) is 2. The number of carbonyl (C=O) groups is 1. The third-order valence-corrected chi connectivity index (χ3v) is 17.4.